The van der Waals surface area contributed by atoms with Crippen LogP contribution >= 0.6 is 0 Å². The van der Waals surface area contributed by atoms with Crippen LogP contribution in [0.1, 0.15) is 63.6 Å². The van der Waals surface area contributed by atoms with Gasteiger partial charge < -0.3 is 15.0 Å². The molecule has 2 N–H and O–H groups in total. The molecule has 0 unspecified atom stereocenters. The first kappa shape index (κ1) is 28.4. The van der Waals surface area contributed by atoms with E-state index in [4.69, 9.17) is 4.74 Å². The van der Waals surface area contributed by atoms with E-state index in [9.17, 15) is 17.6 Å². The van der Waals surface area contributed by atoms with Gasteiger partial charge in [-0.15, -0.1) is 0 Å². The van der Waals surface area contributed by atoms with Crippen LogP contribution in [-0.4, -0.2) is 26.0 Å². The predicted octanol–water partition coefficient (Wildman–Crippen LogP) is 7.04. The summed E-state index contributed by atoms with van der Waals surface area (Å²) in [7, 11) is -4.05. The van der Waals surface area contributed by atoms with Crippen molar-refractivity contribution in [3.8, 4) is 5.75 Å². The second kappa shape index (κ2) is 11.7. The summed E-state index contributed by atoms with van der Waals surface area (Å²) in [5.41, 5.74) is 3.31. The Hall–Kier alpha value is -3.59. The Kier molecular flexibility index (Phi) is 8.49. The van der Waals surface area contributed by atoms with Gasteiger partial charge in [-0.1, -0.05) is 58.7 Å². The SMILES string of the molecule is CCCCCOc1ccc(NS(=O)(=O)c2ccc3c(c2)CN(C(=O)Nc2ccc(C(C)(C)C)cc2)C3)c(F)c1. The van der Waals surface area contributed by atoms with Gasteiger partial charge >= 0.3 is 6.03 Å². The van der Waals surface area contributed by atoms with Crippen molar-refractivity contribution in [3.63, 3.8) is 0 Å². The zero-order chi connectivity index (χ0) is 28.2. The lowest BCUT2D eigenvalue weighted by Crippen LogP contribution is -2.30. The fourth-order valence-corrected chi connectivity index (χ4v) is 5.47. The third kappa shape index (κ3) is 7.09. The number of anilines is 2. The molecule has 1 aliphatic heterocycles. The molecule has 0 bridgehead atoms. The number of ether oxygens (including phenoxy) is 1. The van der Waals surface area contributed by atoms with Gasteiger partial charge in [0.05, 0.1) is 17.2 Å². The molecule has 0 aromatic heterocycles. The molecule has 3 aromatic carbocycles. The van der Waals surface area contributed by atoms with Crippen LogP contribution in [0, 0.1) is 5.82 Å². The predicted molar refractivity (Wildman–Crippen MR) is 152 cm³/mol. The van der Waals surface area contributed by atoms with Crippen LogP contribution in [0.4, 0.5) is 20.6 Å². The molecule has 0 atom stereocenters. The van der Waals surface area contributed by atoms with Gasteiger partial charge in [-0.2, -0.15) is 0 Å². The summed E-state index contributed by atoms with van der Waals surface area (Å²) in [6.45, 7) is 9.58. The first-order valence-corrected chi connectivity index (χ1v) is 14.7. The Balaban J connectivity index is 1.39. The van der Waals surface area contributed by atoms with Crippen LogP contribution in [0.3, 0.4) is 0 Å². The fourth-order valence-electron chi connectivity index (χ4n) is 4.35. The monoisotopic (exact) mass is 553 g/mol. The van der Waals surface area contributed by atoms with Crippen molar-refractivity contribution < 1.29 is 22.3 Å². The van der Waals surface area contributed by atoms with E-state index < -0.39 is 15.8 Å². The van der Waals surface area contributed by atoms with Crippen molar-refractivity contribution in [1.82, 2.24) is 4.90 Å². The number of benzene rings is 3. The molecule has 208 valence electrons. The molecule has 3 aromatic rings. The van der Waals surface area contributed by atoms with E-state index in [1.807, 2.05) is 24.3 Å². The van der Waals surface area contributed by atoms with Crippen molar-refractivity contribution in [2.45, 2.75) is 70.4 Å². The number of urea groups is 1. The van der Waals surface area contributed by atoms with Gasteiger partial charge in [-0.05, 0) is 64.9 Å². The third-order valence-electron chi connectivity index (χ3n) is 6.70. The summed E-state index contributed by atoms with van der Waals surface area (Å²) in [4.78, 5) is 14.5. The quantitative estimate of drug-likeness (QED) is 0.278. The molecular weight excluding hydrogens is 517 g/mol. The van der Waals surface area contributed by atoms with E-state index in [1.54, 1.807) is 17.0 Å². The Morgan fingerprint density at radius 2 is 1.69 bits per heavy atom. The van der Waals surface area contributed by atoms with Crippen LogP contribution in [0.25, 0.3) is 0 Å². The lowest BCUT2D eigenvalue weighted by molar-refractivity contribution is 0.212. The summed E-state index contributed by atoms with van der Waals surface area (Å²) < 4.78 is 48.6. The van der Waals surface area contributed by atoms with Crippen molar-refractivity contribution >= 4 is 27.4 Å². The van der Waals surface area contributed by atoms with Gasteiger partial charge in [0.2, 0.25) is 0 Å². The van der Waals surface area contributed by atoms with Crippen molar-refractivity contribution in [1.29, 1.82) is 0 Å². The largest absolute Gasteiger partial charge is 0.493 e. The Bertz CT molecular complexity index is 1430. The molecule has 0 fully saturated rings. The minimum Gasteiger partial charge on any atom is -0.493 e. The Labute approximate surface area is 230 Å². The first-order valence-electron chi connectivity index (χ1n) is 13.2. The zero-order valence-electron chi connectivity index (χ0n) is 22.9. The fraction of sp³-hybridized carbons (Fsp3) is 0.367. The van der Waals surface area contributed by atoms with Crippen LogP contribution in [0.5, 0.6) is 5.75 Å². The molecule has 0 saturated carbocycles. The van der Waals surface area contributed by atoms with E-state index in [2.05, 4.69) is 37.7 Å². The van der Waals surface area contributed by atoms with E-state index in [1.165, 1.54) is 29.8 Å². The number of rotatable bonds is 9. The number of nitrogens with one attached hydrogen (secondary N) is 2. The maximum Gasteiger partial charge on any atom is 0.322 e. The first-order chi connectivity index (χ1) is 18.5. The Morgan fingerprint density at radius 1 is 0.974 bits per heavy atom. The highest BCUT2D eigenvalue weighted by atomic mass is 32.2. The number of carbonyl (C=O) groups is 1. The van der Waals surface area contributed by atoms with Crippen molar-refractivity contribution in [2.75, 3.05) is 16.6 Å². The summed E-state index contributed by atoms with van der Waals surface area (Å²) in [6.07, 6.45) is 2.95. The number of amides is 2. The molecule has 9 heteroatoms. The van der Waals surface area contributed by atoms with Gasteiger partial charge in [0, 0.05) is 24.8 Å². The van der Waals surface area contributed by atoms with Crippen molar-refractivity contribution in [2.24, 2.45) is 0 Å². The molecule has 1 heterocycles. The smallest absolute Gasteiger partial charge is 0.322 e. The van der Waals surface area contributed by atoms with Crippen LogP contribution in [0.15, 0.2) is 65.6 Å². The molecular formula is C30H36FN3O4S. The molecule has 0 spiro atoms. The van der Waals surface area contributed by atoms with E-state index in [-0.39, 0.29) is 28.6 Å². The van der Waals surface area contributed by atoms with Crippen LogP contribution < -0.4 is 14.8 Å². The summed E-state index contributed by atoms with van der Waals surface area (Å²) in [5, 5.41) is 2.91. The highest BCUT2D eigenvalue weighted by Gasteiger charge is 2.26. The summed E-state index contributed by atoms with van der Waals surface area (Å²) >= 11 is 0. The van der Waals surface area contributed by atoms with E-state index >= 15 is 0 Å². The minimum atomic E-state index is -4.05. The summed E-state index contributed by atoms with van der Waals surface area (Å²) in [5.74, 6) is -0.362. The lowest BCUT2D eigenvalue weighted by Gasteiger charge is -2.20. The molecule has 0 aliphatic carbocycles. The highest BCUT2D eigenvalue weighted by Crippen LogP contribution is 2.29. The van der Waals surface area contributed by atoms with Crippen LogP contribution in [-0.2, 0) is 28.5 Å². The standard InChI is InChI=1S/C30H36FN3O4S/c1-5-6-7-16-38-25-13-15-28(27(31)18-25)33-39(36,37)26-14-8-21-19-34(20-22(21)17-26)29(35)32-24-11-9-23(10-12-24)30(2,3)4/h8-15,17-18,33H,5-7,16,19-20H2,1-4H3,(H,32,35). The number of carbonyl (C=O) groups excluding carboxylic acids is 1. The molecule has 2 amide bonds. The zero-order valence-corrected chi connectivity index (χ0v) is 23.7. The van der Waals surface area contributed by atoms with E-state index in [0.717, 1.165) is 30.4 Å². The molecule has 39 heavy (non-hydrogen) atoms. The summed E-state index contributed by atoms with van der Waals surface area (Å²) in [6, 6.07) is 16.3. The van der Waals surface area contributed by atoms with Gasteiger partial charge in [-0.25, -0.2) is 17.6 Å². The second-order valence-electron chi connectivity index (χ2n) is 10.8. The Morgan fingerprint density at radius 3 is 2.36 bits per heavy atom. The number of halogens is 1. The van der Waals surface area contributed by atoms with Gasteiger partial charge in [-0.3, -0.25) is 4.72 Å². The second-order valence-corrected chi connectivity index (χ2v) is 12.5. The molecule has 1 aliphatic rings. The number of fused-ring (bicyclic) bond motifs is 1. The van der Waals surface area contributed by atoms with Gasteiger partial charge in [0.1, 0.15) is 5.75 Å². The maximum atomic E-state index is 14.6. The highest BCUT2D eigenvalue weighted by molar-refractivity contribution is 7.92. The topological polar surface area (TPSA) is 87.7 Å². The van der Waals surface area contributed by atoms with Gasteiger partial charge in [0.15, 0.2) is 5.82 Å². The number of sulfonamides is 1. The number of nitrogens with zero attached hydrogens (tertiary/aromatic N) is 1. The van der Waals surface area contributed by atoms with Gasteiger partial charge in [0.25, 0.3) is 10.0 Å². The average molecular weight is 554 g/mol. The molecule has 0 saturated heterocycles. The minimum absolute atomic E-state index is 0.000527. The maximum absolute atomic E-state index is 14.6. The molecule has 7 nitrogen and oxygen atoms in total. The van der Waals surface area contributed by atoms with Crippen LogP contribution in [0.2, 0.25) is 0 Å². The third-order valence-corrected chi connectivity index (χ3v) is 8.06. The number of hydrogen-bond acceptors (Lipinski definition) is 4. The molecule has 0 radical (unpaired) electrons. The normalized spacial score (nSPS) is 13.2. The average Bonchev–Trinajstić information content (AvgIpc) is 3.32. The van der Waals surface area contributed by atoms with Crippen molar-refractivity contribution in [3.05, 3.63) is 83.2 Å². The van der Waals surface area contributed by atoms with E-state index in [0.29, 0.717) is 24.6 Å². The number of hydrogen-bond donors (Lipinski definition) is 2. The molecule has 4 rings (SSSR count). The lowest BCUT2D eigenvalue weighted by atomic mass is 9.87. The number of unbranched alkanes of at least 4 members (excludes halogenated alkanes) is 2.